The first-order valence-electron chi connectivity index (χ1n) is 8.07. The summed E-state index contributed by atoms with van der Waals surface area (Å²) in [4.78, 5) is 11.7. The SMILES string of the molecule is CNC(=O)c1ccc(-c2ccc(OC)cc2-n2nc(C)cc2C)cc1. The lowest BCUT2D eigenvalue weighted by Crippen LogP contribution is -2.17. The highest BCUT2D eigenvalue weighted by atomic mass is 16.5. The van der Waals surface area contributed by atoms with Gasteiger partial charge in [-0.2, -0.15) is 5.10 Å². The van der Waals surface area contributed by atoms with Crippen LogP contribution in [0, 0.1) is 13.8 Å². The van der Waals surface area contributed by atoms with Gasteiger partial charge in [-0.25, -0.2) is 4.68 Å². The molecule has 1 aromatic heterocycles. The summed E-state index contributed by atoms with van der Waals surface area (Å²) in [5, 5.41) is 7.23. The average Bonchev–Trinajstić information content (AvgIpc) is 2.98. The van der Waals surface area contributed by atoms with Gasteiger partial charge in [0.05, 0.1) is 18.5 Å². The van der Waals surface area contributed by atoms with E-state index in [9.17, 15) is 4.79 Å². The largest absolute Gasteiger partial charge is 0.497 e. The number of methoxy groups -OCH3 is 1. The third-order valence-corrected chi connectivity index (χ3v) is 4.13. The van der Waals surface area contributed by atoms with Crippen LogP contribution >= 0.6 is 0 Å². The third kappa shape index (κ3) is 3.26. The van der Waals surface area contributed by atoms with E-state index in [0.29, 0.717) is 5.56 Å². The Morgan fingerprint density at radius 1 is 1.08 bits per heavy atom. The van der Waals surface area contributed by atoms with Gasteiger partial charge in [0, 0.05) is 29.9 Å². The van der Waals surface area contributed by atoms with Crippen molar-refractivity contribution in [1.29, 1.82) is 0 Å². The molecule has 0 radical (unpaired) electrons. The van der Waals surface area contributed by atoms with E-state index in [-0.39, 0.29) is 5.91 Å². The second-order valence-electron chi connectivity index (χ2n) is 5.88. The Morgan fingerprint density at radius 3 is 2.36 bits per heavy atom. The molecule has 0 aliphatic rings. The molecule has 5 heteroatoms. The van der Waals surface area contributed by atoms with Crippen LogP contribution in [0.1, 0.15) is 21.7 Å². The van der Waals surface area contributed by atoms with Crippen molar-refractivity contribution in [1.82, 2.24) is 15.1 Å². The van der Waals surface area contributed by atoms with Crippen molar-refractivity contribution in [3.63, 3.8) is 0 Å². The number of hydrogen-bond donors (Lipinski definition) is 1. The minimum atomic E-state index is -0.0972. The van der Waals surface area contributed by atoms with Gasteiger partial charge in [0.15, 0.2) is 0 Å². The maximum absolute atomic E-state index is 11.7. The summed E-state index contributed by atoms with van der Waals surface area (Å²) in [7, 11) is 3.28. The van der Waals surface area contributed by atoms with Gasteiger partial charge >= 0.3 is 0 Å². The number of amides is 1. The maximum atomic E-state index is 11.7. The Labute approximate surface area is 147 Å². The number of carbonyl (C=O) groups excluding carboxylic acids is 1. The molecule has 0 aliphatic carbocycles. The molecule has 1 N–H and O–H groups in total. The van der Waals surface area contributed by atoms with Crippen LogP contribution < -0.4 is 10.1 Å². The predicted octanol–water partition coefficient (Wildman–Crippen LogP) is 3.52. The van der Waals surface area contributed by atoms with Gasteiger partial charge in [0.1, 0.15) is 5.75 Å². The standard InChI is InChI=1S/C20H21N3O2/c1-13-11-14(2)23(22-13)19-12-17(25-4)9-10-18(19)15-5-7-16(8-6-15)20(24)21-3/h5-12H,1-4H3,(H,21,24). The number of aromatic nitrogens is 2. The van der Waals surface area contributed by atoms with Crippen LogP contribution in [0.2, 0.25) is 0 Å². The molecule has 0 saturated carbocycles. The topological polar surface area (TPSA) is 56.1 Å². The number of nitrogens with zero attached hydrogens (tertiary/aromatic N) is 2. The zero-order valence-corrected chi connectivity index (χ0v) is 14.8. The van der Waals surface area contributed by atoms with Crippen molar-refractivity contribution in [2.24, 2.45) is 0 Å². The quantitative estimate of drug-likeness (QED) is 0.793. The fraction of sp³-hybridized carbons (Fsp3) is 0.200. The van der Waals surface area contributed by atoms with Gasteiger partial charge in [-0.15, -0.1) is 0 Å². The van der Waals surface area contributed by atoms with E-state index in [1.165, 1.54) is 0 Å². The molecule has 0 bridgehead atoms. The number of ether oxygens (including phenoxy) is 1. The fourth-order valence-electron chi connectivity index (χ4n) is 2.88. The lowest BCUT2D eigenvalue weighted by molar-refractivity contribution is 0.0963. The van der Waals surface area contributed by atoms with Crippen LogP contribution in [0.5, 0.6) is 5.75 Å². The zero-order chi connectivity index (χ0) is 18.0. The zero-order valence-electron chi connectivity index (χ0n) is 14.8. The average molecular weight is 335 g/mol. The Balaban J connectivity index is 2.13. The molecular formula is C20H21N3O2. The summed E-state index contributed by atoms with van der Waals surface area (Å²) in [6.07, 6.45) is 0. The summed E-state index contributed by atoms with van der Waals surface area (Å²) < 4.78 is 7.30. The van der Waals surface area contributed by atoms with E-state index in [0.717, 1.165) is 34.0 Å². The molecular weight excluding hydrogens is 314 g/mol. The minimum Gasteiger partial charge on any atom is -0.497 e. The first-order chi connectivity index (χ1) is 12.0. The summed E-state index contributed by atoms with van der Waals surface area (Å²) in [5.41, 5.74) is 5.62. The van der Waals surface area contributed by atoms with Crippen LogP contribution in [0.15, 0.2) is 48.5 Å². The Bertz CT molecular complexity index is 911. The predicted molar refractivity (Wildman–Crippen MR) is 98.4 cm³/mol. The summed E-state index contributed by atoms with van der Waals surface area (Å²) in [6.45, 7) is 4.00. The number of aryl methyl sites for hydroxylation is 2. The summed E-state index contributed by atoms with van der Waals surface area (Å²) >= 11 is 0. The number of carbonyl (C=O) groups is 1. The van der Waals surface area contributed by atoms with E-state index in [4.69, 9.17) is 4.74 Å². The van der Waals surface area contributed by atoms with Crippen molar-refractivity contribution < 1.29 is 9.53 Å². The minimum absolute atomic E-state index is 0.0972. The van der Waals surface area contributed by atoms with Crippen LogP contribution in [0.4, 0.5) is 0 Å². The molecule has 25 heavy (non-hydrogen) atoms. The summed E-state index contributed by atoms with van der Waals surface area (Å²) in [6, 6.07) is 15.5. The van der Waals surface area contributed by atoms with Gasteiger partial charge in [0.2, 0.25) is 0 Å². The fourth-order valence-corrected chi connectivity index (χ4v) is 2.88. The molecule has 0 spiro atoms. The Kier molecular flexibility index (Phi) is 4.57. The van der Waals surface area contributed by atoms with Crippen molar-refractivity contribution in [3.05, 3.63) is 65.5 Å². The van der Waals surface area contributed by atoms with Gasteiger partial charge in [-0.05, 0) is 49.7 Å². The van der Waals surface area contributed by atoms with Gasteiger partial charge in [-0.1, -0.05) is 12.1 Å². The van der Waals surface area contributed by atoms with E-state index in [1.807, 2.05) is 67.1 Å². The number of benzene rings is 2. The van der Waals surface area contributed by atoms with E-state index >= 15 is 0 Å². The van der Waals surface area contributed by atoms with Crippen LogP contribution in [-0.2, 0) is 0 Å². The number of nitrogens with one attached hydrogen (secondary N) is 1. The smallest absolute Gasteiger partial charge is 0.251 e. The Morgan fingerprint density at radius 2 is 1.80 bits per heavy atom. The van der Waals surface area contributed by atoms with Crippen LogP contribution in [0.3, 0.4) is 0 Å². The lowest BCUT2D eigenvalue weighted by Gasteiger charge is -2.14. The van der Waals surface area contributed by atoms with Crippen molar-refractivity contribution in [2.75, 3.05) is 14.2 Å². The van der Waals surface area contributed by atoms with Crippen LogP contribution in [-0.4, -0.2) is 29.8 Å². The molecule has 128 valence electrons. The third-order valence-electron chi connectivity index (χ3n) is 4.13. The van der Waals surface area contributed by atoms with E-state index in [1.54, 1.807) is 14.2 Å². The lowest BCUT2D eigenvalue weighted by atomic mass is 10.0. The van der Waals surface area contributed by atoms with Crippen LogP contribution in [0.25, 0.3) is 16.8 Å². The molecule has 3 aromatic rings. The van der Waals surface area contributed by atoms with Gasteiger partial charge in [-0.3, -0.25) is 4.79 Å². The molecule has 0 fully saturated rings. The normalized spacial score (nSPS) is 10.6. The molecule has 1 heterocycles. The highest BCUT2D eigenvalue weighted by Gasteiger charge is 2.13. The molecule has 0 unspecified atom stereocenters. The van der Waals surface area contributed by atoms with Crippen molar-refractivity contribution in [3.8, 4) is 22.6 Å². The highest BCUT2D eigenvalue weighted by molar-refractivity contribution is 5.94. The molecule has 1 amide bonds. The monoisotopic (exact) mass is 335 g/mol. The number of rotatable bonds is 4. The number of hydrogen-bond acceptors (Lipinski definition) is 3. The maximum Gasteiger partial charge on any atom is 0.251 e. The van der Waals surface area contributed by atoms with Crippen molar-refractivity contribution >= 4 is 5.91 Å². The molecule has 5 nitrogen and oxygen atoms in total. The first-order valence-corrected chi connectivity index (χ1v) is 8.07. The van der Waals surface area contributed by atoms with Gasteiger partial charge in [0.25, 0.3) is 5.91 Å². The molecule has 0 aliphatic heterocycles. The van der Waals surface area contributed by atoms with Crippen molar-refractivity contribution in [2.45, 2.75) is 13.8 Å². The summed E-state index contributed by atoms with van der Waals surface area (Å²) in [5.74, 6) is 0.674. The van der Waals surface area contributed by atoms with E-state index in [2.05, 4.69) is 10.4 Å². The molecule has 3 rings (SSSR count). The Hall–Kier alpha value is -3.08. The van der Waals surface area contributed by atoms with Gasteiger partial charge < -0.3 is 10.1 Å². The second-order valence-corrected chi connectivity index (χ2v) is 5.88. The molecule has 2 aromatic carbocycles. The van der Waals surface area contributed by atoms with E-state index < -0.39 is 0 Å². The first kappa shape index (κ1) is 16.8. The highest BCUT2D eigenvalue weighted by Crippen LogP contribution is 2.31. The molecule has 0 saturated heterocycles. The molecule has 0 atom stereocenters. The second kappa shape index (κ2) is 6.81.